The highest BCUT2D eigenvalue weighted by Gasteiger charge is 2.17. The van der Waals surface area contributed by atoms with Crippen LogP contribution in [0.4, 0.5) is 0 Å². The Labute approximate surface area is 73.6 Å². The van der Waals surface area contributed by atoms with Gasteiger partial charge < -0.3 is 5.73 Å². The molecular weight excluding hydrogens is 146 g/mol. The van der Waals surface area contributed by atoms with E-state index in [4.69, 9.17) is 5.73 Å². The molecule has 2 N–H and O–H groups in total. The van der Waals surface area contributed by atoms with E-state index in [0.29, 0.717) is 5.92 Å². The van der Waals surface area contributed by atoms with Crippen molar-refractivity contribution in [1.29, 1.82) is 0 Å². The quantitative estimate of drug-likeness (QED) is 0.670. The number of hydrogen-bond acceptors (Lipinski definition) is 1. The number of rotatable bonds is 1. The Kier molecular flexibility index (Phi) is 2.13. The molecular formula is C11H15N. The van der Waals surface area contributed by atoms with Gasteiger partial charge in [-0.25, -0.2) is 0 Å². The van der Waals surface area contributed by atoms with Crippen LogP contribution >= 0.6 is 0 Å². The summed E-state index contributed by atoms with van der Waals surface area (Å²) in [5.41, 5.74) is 8.72. The van der Waals surface area contributed by atoms with Crippen molar-refractivity contribution in [1.82, 2.24) is 0 Å². The molecule has 0 unspecified atom stereocenters. The standard InChI is InChI=1S/C11H15N/c12-8-10-6-3-5-9-4-1-2-7-11(9)10/h1-2,4,7,10H,3,5-6,8,12H2/t10-/m1/s1. The molecule has 1 nitrogen and oxygen atoms in total. The lowest BCUT2D eigenvalue weighted by atomic mass is 9.83. The summed E-state index contributed by atoms with van der Waals surface area (Å²) in [7, 11) is 0. The van der Waals surface area contributed by atoms with E-state index in [1.807, 2.05) is 0 Å². The van der Waals surface area contributed by atoms with Gasteiger partial charge in [0.05, 0.1) is 0 Å². The molecule has 0 heterocycles. The highest BCUT2D eigenvalue weighted by atomic mass is 14.6. The van der Waals surface area contributed by atoms with E-state index in [1.165, 1.54) is 30.4 Å². The fourth-order valence-electron chi connectivity index (χ4n) is 2.10. The third-order valence-electron chi connectivity index (χ3n) is 2.78. The molecule has 12 heavy (non-hydrogen) atoms. The van der Waals surface area contributed by atoms with Crippen molar-refractivity contribution in [3.8, 4) is 0 Å². The summed E-state index contributed by atoms with van der Waals surface area (Å²) in [6, 6.07) is 8.70. The maximum absolute atomic E-state index is 5.72. The predicted octanol–water partition coefficient (Wildman–Crippen LogP) is 2.07. The molecule has 0 saturated carbocycles. The summed E-state index contributed by atoms with van der Waals surface area (Å²) in [5, 5.41) is 0. The van der Waals surface area contributed by atoms with Crippen LogP contribution in [0.3, 0.4) is 0 Å². The van der Waals surface area contributed by atoms with E-state index in [-0.39, 0.29) is 0 Å². The summed E-state index contributed by atoms with van der Waals surface area (Å²) in [4.78, 5) is 0. The first-order valence-electron chi connectivity index (χ1n) is 4.69. The van der Waals surface area contributed by atoms with Crippen LogP contribution in [0, 0.1) is 0 Å². The summed E-state index contributed by atoms with van der Waals surface area (Å²) in [5.74, 6) is 0.620. The molecule has 0 fully saturated rings. The molecule has 0 bridgehead atoms. The van der Waals surface area contributed by atoms with Crippen molar-refractivity contribution >= 4 is 0 Å². The molecule has 2 rings (SSSR count). The lowest BCUT2D eigenvalue weighted by Crippen LogP contribution is -2.17. The van der Waals surface area contributed by atoms with Crippen LogP contribution in [-0.4, -0.2) is 6.54 Å². The van der Waals surface area contributed by atoms with Gasteiger partial charge in [-0.3, -0.25) is 0 Å². The summed E-state index contributed by atoms with van der Waals surface area (Å²) in [6.07, 6.45) is 3.82. The van der Waals surface area contributed by atoms with Crippen LogP contribution in [0.1, 0.15) is 29.9 Å². The zero-order chi connectivity index (χ0) is 8.39. The van der Waals surface area contributed by atoms with Gasteiger partial charge in [0.25, 0.3) is 0 Å². The van der Waals surface area contributed by atoms with E-state index in [1.54, 1.807) is 0 Å². The van der Waals surface area contributed by atoms with E-state index in [0.717, 1.165) is 6.54 Å². The average molecular weight is 161 g/mol. The maximum atomic E-state index is 5.72. The van der Waals surface area contributed by atoms with Gasteiger partial charge in [0.1, 0.15) is 0 Å². The summed E-state index contributed by atoms with van der Waals surface area (Å²) < 4.78 is 0. The van der Waals surface area contributed by atoms with Crippen LogP contribution in [-0.2, 0) is 6.42 Å². The minimum Gasteiger partial charge on any atom is -0.330 e. The molecule has 0 radical (unpaired) electrons. The molecule has 0 saturated heterocycles. The minimum absolute atomic E-state index is 0.620. The first-order chi connectivity index (χ1) is 5.92. The van der Waals surface area contributed by atoms with Crippen LogP contribution in [0.2, 0.25) is 0 Å². The van der Waals surface area contributed by atoms with Gasteiger partial charge in [-0.15, -0.1) is 0 Å². The average Bonchev–Trinajstić information content (AvgIpc) is 2.17. The largest absolute Gasteiger partial charge is 0.330 e. The molecule has 0 amide bonds. The number of benzene rings is 1. The summed E-state index contributed by atoms with van der Waals surface area (Å²) in [6.45, 7) is 0.803. The molecule has 1 aromatic carbocycles. The second-order valence-electron chi connectivity index (χ2n) is 3.52. The Hall–Kier alpha value is -0.820. The smallest absolute Gasteiger partial charge is 0.000813 e. The predicted molar refractivity (Wildman–Crippen MR) is 51.2 cm³/mol. The monoisotopic (exact) mass is 161 g/mol. The van der Waals surface area contributed by atoms with E-state index in [9.17, 15) is 0 Å². The normalized spacial score (nSPS) is 21.9. The molecule has 1 atom stereocenters. The van der Waals surface area contributed by atoms with Gasteiger partial charge in [0.2, 0.25) is 0 Å². The van der Waals surface area contributed by atoms with Crippen molar-refractivity contribution in [2.75, 3.05) is 6.54 Å². The fraction of sp³-hybridized carbons (Fsp3) is 0.455. The molecule has 1 heteroatoms. The van der Waals surface area contributed by atoms with Crippen molar-refractivity contribution in [3.63, 3.8) is 0 Å². The topological polar surface area (TPSA) is 26.0 Å². The highest BCUT2D eigenvalue weighted by Crippen LogP contribution is 2.30. The fourth-order valence-corrected chi connectivity index (χ4v) is 2.10. The summed E-state index contributed by atoms with van der Waals surface area (Å²) >= 11 is 0. The first-order valence-corrected chi connectivity index (χ1v) is 4.69. The van der Waals surface area contributed by atoms with Gasteiger partial charge in [-0.05, 0) is 42.9 Å². The van der Waals surface area contributed by atoms with Crippen molar-refractivity contribution in [2.24, 2.45) is 5.73 Å². The van der Waals surface area contributed by atoms with Crippen molar-refractivity contribution in [2.45, 2.75) is 25.2 Å². The second-order valence-corrected chi connectivity index (χ2v) is 3.52. The maximum Gasteiger partial charge on any atom is -0.000813 e. The third kappa shape index (κ3) is 1.25. The Morgan fingerprint density at radius 3 is 3.00 bits per heavy atom. The van der Waals surface area contributed by atoms with Crippen LogP contribution in [0.25, 0.3) is 0 Å². The van der Waals surface area contributed by atoms with E-state index in [2.05, 4.69) is 24.3 Å². The van der Waals surface area contributed by atoms with Gasteiger partial charge in [-0.1, -0.05) is 24.3 Å². The Morgan fingerprint density at radius 2 is 2.17 bits per heavy atom. The molecule has 0 spiro atoms. The van der Waals surface area contributed by atoms with E-state index < -0.39 is 0 Å². The zero-order valence-corrected chi connectivity index (χ0v) is 7.29. The lowest BCUT2D eigenvalue weighted by molar-refractivity contribution is 0.561. The number of nitrogens with two attached hydrogens (primary N) is 1. The van der Waals surface area contributed by atoms with Crippen LogP contribution < -0.4 is 5.73 Å². The SMILES string of the molecule is NC[C@H]1CCCc2ccccc21. The molecule has 1 aliphatic carbocycles. The Morgan fingerprint density at radius 1 is 1.33 bits per heavy atom. The molecule has 1 aliphatic rings. The van der Waals surface area contributed by atoms with Crippen LogP contribution in [0.15, 0.2) is 24.3 Å². The molecule has 64 valence electrons. The molecule has 0 aliphatic heterocycles. The van der Waals surface area contributed by atoms with Gasteiger partial charge in [0, 0.05) is 0 Å². The Balaban J connectivity index is 2.37. The third-order valence-corrected chi connectivity index (χ3v) is 2.78. The van der Waals surface area contributed by atoms with Gasteiger partial charge in [0.15, 0.2) is 0 Å². The lowest BCUT2D eigenvalue weighted by Gasteiger charge is -2.23. The highest BCUT2D eigenvalue weighted by molar-refractivity contribution is 5.32. The van der Waals surface area contributed by atoms with Crippen molar-refractivity contribution < 1.29 is 0 Å². The van der Waals surface area contributed by atoms with Crippen LogP contribution in [0.5, 0.6) is 0 Å². The second kappa shape index (κ2) is 3.28. The van der Waals surface area contributed by atoms with Gasteiger partial charge >= 0.3 is 0 Å². The minimum atomic E-state index is 0.620. The molecule has 0 aromatic heterocycles. The number of aryl methyl sites for hydroxylation is 1. The number of fused-ring (bicyclic) bond motifs is 1. The Bertz CT molecular complexity index is 267. The first kappa shape index (κ1) is 7.81. The van der Waals surface area contributed by atoms with E-state index >= 15 is 0 Å². The number of hydrogen-bond donors (Lipinski definition) is 1. The molecule has 1 aromatic rings. The van der Waals surface area contributed by atoms with Crippen molar-refractivity contribution in [3.05, 3.63) is 35.4 Å². The zero-order valence-electron chi connectivity index (χ0n) is 7.29. The van der Waals surface area contributed by atoms with Gasteiger partial charge in [-0.2, -0.15) is 0 Å².